The van der Waals surface area contributed by atoms with E-state index in [1.807, 2.05) is 0 Å². The molecule has 5 heteroatoms. The summed E-state index contributed by atoms with van der Waals surface area (Å²) >= 11 is 0. The van der Waals surface area contributed by atoms with Crippen molar-refractivity contribution in [1.82, 2.24) is 5.32 Å². The highest BCUT2D eigenvalue weighted by atomic mass is 16.5. The van der Waals surface area contributed by atoms with E-state index in [0.717, 1.165) is 32.5 Å². The molecule has 0 aromatic carbocycles. The third-order valence-corrected chi connectivity index (χ3v) is 2.38. The highest BCUT2D eigenvalue weighted by Crippen LogP contribution is 2.07. The lowest BCUT2D eigenvalue weighted by molar-refractivity contribution is -0.125. The van der Waals surface area contributed by atoms with Crippen LogP contribution >= 0.6 is 0 Å². The monoisotopic (exact) mass is 202 g/mol. The maximum Gasteiger partial charge on any atom is 0.247 e. The fourth-order valence-corrected chi connectivity index (χ4v) is 1.49. The number of carbonyl (C=O) groups excluding carboxylic acids is 1. The van der Waals surface area contributed by atoms with E-state index in [-0.39, 0.29) is 6.54 Å². The van der Waals surface area contributed by atoms with Crippen molar-refractivity contribution in [3.05, 3.63) is 0 Å². The molecule has 1 saturated heterocycles. The number of rotatable bonds is 4. The van der Waals surface area contributed by atoms with E-state index in [9.17, 15) is 4.79 Å². The summed E-state index contributed by atoms with van der Waals surface area (Å²) < 4.78 is 5.28. The number of aliphatic hydroxyl groups is 1. The van der Waals surface area contributed by atoms with Gasteiger partial charge in [-0.05, 0) is 19.3 Å². The molecule has 1 fully saturated rings. The van der Waals surface area contributed by atoms with Crippen molar-refractivity contribution < 1.29 is 14.6 Å². The smallest absolute Gasteiger partial charge is 0.247 e. The van der Waals surface area contributed by atoms with Gasteiger partial charge in [0, 0.05) is 25.8 Å². The molecule has 1 aliphatic rings. The summed E-state index contributed by atoms with van der Waals surface area (Å²) in [6.07, 6.45) is 1.88. The number of carbonyl (C=O) groups is 1. The van der Waals surface area contributed by atoms with Crippen LogP contribution in [0.4, 0.5) is 0 Å². The Morgan fingerprint density at radius 3 is 3.07 bits per heavy atom. The van der Waals surface area contributed by atoms with Crippen LogP contribution in [0.2, 0.25) is 0 Å². The van der Waals surface area contributed by atoms with E-state index >= 15 is 0 Å². The number of nitrogens with two attached hydrogens (primary N) is 1. The highest BCUT2D eigenvalue weighted by molar-refractivity contribution is 5.78. The normalized spacial score (nSPS) is 25.4. The topological polar surface area (TPSA) is 84.6 Å². The van der Waals surface area contributed by atoms with E-state index in [1.54, 1.807) is 0 Å². The first-order valence-electron chi connectivity index (χ1n) is 4.98. The second kappa shape index (κ2) is 5.95. The number of aliphatic hydroxyl groups excluding tert-OH is 1. The van der Waals surface area contributed by atoms with Gasteiger partial charge in [-0.15, -0.1) is 0 Å². The molecule has 2 unspecified atom stereocenters. The molecule has 14 heavy (non-hydrogen) atoms. The first-order valence-corrected chi connectivity index (χ1v) is 4.98. The number of hydrogen-bond donors (Lipinski definition) is 3. The fraction of sp³-hybridized carbons (Fsp3) is 0.889. The van der Waals surface area contributed by atoms with Gasteiger partial charge < -0.3 is 20.9 Å². The minimum absolute atomic E-state index is 0.236. The molecule has 5 nitrogen and oxygen atoms in total. The molecule has 2 atom stereocenters. The molecule has 0 saturated carbocycles. The van der Waals surface area contributed by atoms with Crippen molar-refractivity contribution in [2.45, 2.75) is 31.4 Å². The van der Waals surface area contributed by atoms with Crippen LogP contribution < -0.4 is 11.1 Å². The van der Waals surface area contributed by atoms with Crippen LogP contribution in [0, 0.1) is 0 Å². The summed E-state index contributed by atoms with van der Waals surface area (Å²) in [5, 5.41) is 12.3. The molecule has 1 aliphatic heterocycles. The maximum atomic E-state index is 10.5. The van der Waals surface area contributed by atoms with E-state index in [0.29, 0.717) is 6.04 Å². The molecule has 1 rings (SSSR count). The Morgan fingerprint density at radius 2 is 2.36 bits per heavy atom. The highest BCUT2D eigenvalue weighted by Gasteiger charge is 2.15. The maximum absolute atomic E-state index is 10.5. The molecule has 82 valence electrons. The number of nitrogens with one attached hydrogen (secondary N) is 1. The van der Waals surface area contributed by atoms with Gasteiger partial charge in [-0.3, -0.25) is 4.79 Å². The number of amides is 1. The van der Waals surface area contributed by atoms with Gasteiger partial charge in [-0.2, -0.15) is 0 Å². The van der Waals surface area contributed by atoms with Gasteiger partial charge in [0.1, 0.15) is 6.10 Å². The van der Waals surface area contributed by atoms with Crippen molar-refractivity contribution in [1.29, 1.82) is 0 Å². The minimum atomic E-state index is -1.08. The van der Waals surface area contributed by atoms with Gasteiger partial charge in [-0.25, -0.2) is 0 Å². The molecule has 0 radical (unpaired) electrons. The number of primary amides is 1. The van der Waals surface area contributed by atoms with E-state index in [2.05, 4.69) is 5.32 Å². The fourth-order valence-electron chi connectivity index (χ4n) is 1.49. The molecule has 4 N–H and O–H groups in total. The second-order valence-electron chi connectivity index (χ2n) is 3.57. The van der Waals surface area contributed by atoms with Crippen molar-refractivity contribution in [3.8, 4) is 0 Å². The van der Waals surface area contributed by atoms with Crippen molar-refractivity contribution in [3.63, 3.8) is 0 Å². The predicted octanol–water partition coefficient (Wildman–Crippen LogP) is -1.01. The van der Waals surface area contributed by atoms with Gasteiger partial charge in [0.25, 0.3) is 0 Å². The second-order valence-corrected chi connectivity index (χ2v) is 3.57. The first kappa shape index (κ1) is 11.4. The molecular weight excluding hydrogens is 184 g/mol. The number of hydrogen-bond acceptors (Lipinski definition) is 4. The zero-order valence-electron chi connectivity index (χ0n) is 8.24. The van der Waals surface area contributed by atoms with E-state index < -0.39 is 12.0 Å². The number of ether oxygens (including phenoxy) is 1. The lowest BCUT2D eigenvalue weighted by atomic mass is 10.1. The third-order valence-electron chi connectivity index (χ3n) is 2.38. The van der Waals surface area contributed by atoms with Gasteiger partial charge in [0.2, 0.25) is 5.91 Å². The Balaban J connectivity index is 2.18. The third kappa shape index (κ3) is 4.04. The molecule has 0 aromatic heterocycles. The Kier molecular flexibility index (Phi) is 4.86. The lowest BCUT2D eigenvalue weighted by Gasteiger charge is -2.16. The molecule has 1 heterocycles. The van der Waals surface area contributed by atoms with Gasteiger partial charge in [-0.1, -0.05) is 0 Å². The van der Waals surface area contributed by atoms with Crippen molar-refractivity contribution in [2.24, 2.45) is 5.73 Å². The SMILES string of the molecule is NC(=O)C(O)CNC1CCCOCC1. The summed E-state index contributed by atoms with van der Waals surface area (Å²) in [5.74, 6) is -0.678. The zero-order valence-corrected chi connectivity index (χ0v) is 8.24. The first-order chi connectivity index (χ1) is 6.70. The Bertz CT molecular complexity index is 179. The van der Waals surface area contributed by atoms with Crippen LogP contribution in [0.15, 0.2) is 0 Å². The van der Waals surface area contributed by atoms with Crippen molar-refractivity contribution in [2.75, 3.05) is 19.8 Å². The lowest BCUT2D eigenvalue weighted by Crippen LogP contribution is -2.41. The van der Waals surface area contributed by atoms with Crippen LogP contribution in [0.25, 0.3) is 0 Å². The Morgan fingerprint density at radius 1 is 1.57 bits per heavy atom. The zero-order chi connectivity index (χ0) is 10.4. The van der Waals surface area contributed by atoms with E-state index in [4.69, 9.17) is 15.6 Å². The van der Waals surface area contributed by atoms with Crippen LogP contribution in [-0.2, 0) is 9.53 Å². The predicted molar refractivity (Wildman–Crippen MR) is 51.7 cm³/mol. The van der Waals surface area contributed by atoms with Crippen LogP contribution in [0.5, 0.6) is 0 Å². The summed E-state index contributed by atoms with van der Waals surface area (Å²) in [5.41, 5.74) is 4.93. The molecule has 0 spiro atoms. The van der Waals surface area contributed by atoms with Gasteiger partial charge >= 0.3 is 0 Å². The Labute approximate surface area is 83.6 Å². The van der Waals surface area contributed by atoms with Crippen LogP contribution in [0.1, 0.15) is 19.3 Å². The minimum Gasteiger partial charge on any atom is -0.382 e. The Hall–Kier alpha value is -0.650. The van der Waals surface area contributed by atoms with Gasteiger partial charge in [0.15, 0.2) is 0 Å². The van der Waals surface area contributed by atoms with Crippen LogP contribution in [-0.4, -0.2) is 42.9 Å². The quantitative estimate of drug-likeness (QED) is 0.545. The molecule has 0 aromatic rings. The molecular formula is C9H18N2O3. The molecule has 0 bridgehead atoms. The summed E-state index contributed by atoms with van der Waals surface area (Å²) in [6, 6.07) is 0.325. The van der Waals surface area contributed by atoms with Gasteiger partial charge in [0.05, 0.1) is 0 Å². The average Bonchev–Trinajstić information content (AvgIpc) is 2.42. The summed E-state index contributed by atoms with van der Waals surface area (Å²) in [6.45, 7) is 1.78. The summed E-state index contributed by atoms with van der Waals surface area (Å²) in [7, 11) is 0. The summed E-state index contributed by atoms with van der Waals surface area (Å²) in [4.78, 5) is 10.5. The van der Waals surface area contributed by atoms with Crippen LogP contribution in [0.3, 0.4) is 0 Å². The average molecular weight is 202 g/mol. The van der Waals surface area contributed by atoms with Crippen molar-refractivity contribution >= 4 is 5.91 Å². The van der Waals surface area contributed by atoms with E-state index in [1.165, 1.54) is 0 Å². The molecule has 1 amide bonds. The standard InChI is InChI=1S/C9H18N2O3/c10-9(13)8(12)6-11-7-2-1-4-14-5-3-7/h7-8,11-12H,1-6H2,(H2,10,13). The largest absolute Gasteiger partial charge is 0.382 e. The molecule has 0 aliphatic carbocycles.